The summed E-state index contributed by atoms with van der Waals surface area (Å²) in [6.07, 6.45) is 4.34. The second-order valence-electron chi connectivity index (χ2n) is 6.19. The van der Waals surface area contributed by atoms with Gasteiger partial charge in [-0.05, 0) is 56.7 Å². The van der Waals surface area contributed by atoms with Crippen LogP contribution in [-0.2, 0) is 0 Å². The summed E-state index contributed by atoms with van der Waals surface area (Å²) < 4.78 is 0. The topological polar surface area (TPSA) is 49.5 Å². The van der Waals surface area contributed by atoms with E-state index in [0.717, 1.165) is 38.8 Å². The van der Waals surface area contributed by atoms with Crippen molar-refractivity contribution < 1.29 is 5.11 Å². The fourth-order valence-corrected chi connectivity index (χ4v) is 3.42. The Morgan fingerprint density at radius 1 is 1.45 bits per heavy atom. The van der Waals surface area contributed by atoms with E-state index in [1.165, 1.54) is 11.3 Å². The summed E-state index contributed by atoms with van der Waals surface area (Å²) in [5.74, 6) is 0.450. The number of nitrogens with two attached hydrogens (primary N) is 1. The first-order chi connectivity index (χ1) is 9.59. The van der Waals surface area contributed by atoms with Crippen molar-refractivity contribution in [2.24, 2.45) is 11.7 Å². The molecule has 0 spiro atoms. The maximum atomic E-state index is 9.53. The molecule has 0 bridgehead atoms. The monoisotopic (exact) mass is 276 g/mol. The second kappa shape index (κ2) is 6.59. The molecule has 3 heteroatoms. The van der Waals surface area contributed by atoms with Crippen molar-refractivity contribution in [1.82, 2.24) is 0 Å². The third-order valence-corrected chi connectivity index (χ3v) is 4.80. The molecule has 0 amide bonds. The van der Waals surface area contributed by atoms with Gasteiger partial charge in [0.2, 0.25) is 0 Å². The first kappa shape index (κ1) is 15.3. The average molecular weight is 276 g/mol. The van der Waals surface area contributed by atoms with Gasteiger partial charge in [-0.2, -0.15) is 0 Å². The van der Waals surface area contributed by atoms with E-state index in [4.69, 9.17) is 5.73 Å². The van der Waals surface area contributed by atoms with E-state index < -0.39 is 0 Å². The lowest BCUT2D eigenvalue weighted by molar-refractivity contribution is 0.156. The van der Waals surface area contributed by atoms with Crippen LogP contribution in [0.15, 0.2) is 24.3 Å². The van der Waals surface area contributed by atoms with Gasteiger partial charge in [0.05, 0.1) is 6.61 Å². The third-order valence-electron chi connectivity index (χ3n) is 4.80. The number of benzene rings is 1. The lowest BCUT2D eigenvalue weighted by Gasteiger charge is -2.32. The number of hydrogen-bond acceptors (Lipinski definition) is 3. The SMILES string of the molecule is CCN(CCC1CCCC1(N)CO)c1cccc(C)c1. The number of hydrogen-bond donors (Lipinski definition) is 2. The largest absolute Gasteiger partial charge is 0.394 e. The summed E-state index contributed by atoms with van der Waals surface area (Å²) in [6.45, 7) is 6.47. The molecule has 3 N–H and O–H groups in total. The Morgan fingerprint density at radius 2 is 2.25 bits per heavy atom. The van der Waals surface area contributed by atoms with Crippen LogP contribution in [0.2, 0.25) is 0 Å². The van der Waals surface area contributed by atoms with E-state index in [2.05, 4.69) is 43.0 Å². The normalized spacial score (nSPS) is 25.9. The Morgan fingerprint density at radius 3 is 2.90 bits per heavy atom. The first-order valence-electron chi connectivity index (χ1n) is 7.80. The van der Waals surface area contributed by atoms with Gasteiger partial charge >= 0.3 is 0 Å². The Labute approximate surface area is 122 Å². The van der Waals surface area contributed by atoms with Gasteiger partial charge in [0, 0.05) is 24.3 Å². The minimum absolute atomic E-state index is 0.119. The van der Waals surface area contributed by atoms with Crippen LogP contribution in [0.1, 0.15) is 38.2 Å². The second-order valence-corrected chi connectivity index (χ2v) is 6.19. The molecule has 0 saturated heterocycles. The molecule has 1 aromatic rings. The maximum absolute atomic E-state index is 9.53. The fraction of sp³-hybridized carbons (Fsp3) is 0.647. The highest BCUT2D eigenvalue weighted by atomic mass is 16.3. The molecule has 20 heavy (non-hydrogen) atoms. The number of aryl methyl sites for hydroxylation is 1. The van der Waals surface area contributed by atoms with Gasteiger partial charge in [0.15, 0.2) is 0 Å². The predicted octanol–water partition coefficient (Wildman–Crippen LogP) is 2.70. The number of anilines is 1. The van der Waals surface area contributed by atoms with Crippen LogP contribution in [-0.4, -0.2) is 30.3 Å². The zero-order valence-electron chi connectivity index (χ0n) is 12.8. The fourth-order valence-electron chi connectivity index (χ4n) is 3.42. The van der Waals surface area contributed by atoms with Crippen LogP contribution >= 0.6 is 0 Å². The van der Waals surface area contributed by atoms with E-state index in [1.807, 2.05) is 0 Å². The highest BCUT2D eigenvalue weighted by Crippen LogP contribution is 2.36. The molecule has 1 aromatic carbocycles. The quantitative estimate of drug-likeness (QED) is 0.840. The number of aliphatic hydroxyl groups is 1. The van der Waals surface area contributed by atoms with Crippen molar-refractivity contribution in [3.8, 4) is 0 Å². The van der Waals surface area contributed by atoms with Gasteiger partial charge in [-0.25, -0.2) is 0 Å². The minimum Gasteiger partial charge on any atom is -0.394 e. The van der Waals surface area contributed by atoms with E-state index in [-0.39, 0.29) is 12.1 Å². The highest BCUT2D eigenvalue weighted by molar-refractivity contribution is 5.48. The molecule has 1 fully saturated rings. The Bertz CT molecular complexity index is 435. The summed E-state index contributed by atoms with van der Waals surface area (Å²) in [6, 6.07) is 8.65. The molecule has 112 valence electrons. The van der Waals surface area contributed by atoms with Gasteiger partial charge < -0.3 is 15.7 Å². The molecule has 2 rings (SSSR count). The first-order valence-corrected chi connectivity index (χ1v) is 7.80. The molecule has 0 aliphatic heterocycles. The molecule has 2 unspecified atom stereocenters. The molecule has 0 heterocycles. The van der Waals surface area contributed by atoms with Crippen LogP contribution in [0.3, 0.4) is 0 Å². The van der Waals surface area contributed by atoms with Crippen LogP contribution in [0.4, 0.5) is 5.69 Å². The maximum Gasteiger partial charge on any atom is 0.0613 e. The number of nitrogens with zero attached hydrogens (tertiary/aromatic N) is 1. The third kappa shape index (κ3) is 3.33. The van der Waals surface area contributed by atoms with Crippen LogP contribution in [0, 0.1) is 12.8 Å². The van der Waals surface area contributed by atoms with E-state index in [9.17, 15) is 5.11 Å². The molecule has 3 nitrogen and oxygen atoms in total. The molecule has 0 radical (unpaired) electrons. The zero-order valence-corrected chi connectivity index (χ0v) is 12.8. The number of aliphatic hydroxyl groups excluding tert-OH is 1. The molecular weight excluding hydrogens is 248 g/mol. The van der Waals surface area contributed by atoms with Crippen molar-refractivity contribution in [3.63, 3.8) is 0 Å². The van der Waals surface area contributed by atoms with E-state index in [1.54, 1.807) is 0 Å². The summed E-state index contributed by atoms with van der Waals surface area (Å²) in [4.78, 5) is 2.41. The summed E-state index contributed by atoms with van der Waals surface area (Å²) in [5.41, 5.74) is 8.57. The van der Waals surface area contributed by atoms with Crippen LogP contribution < -0.4 is 10.6 Å². The molecule has 1 saturated carbocycles. The van der Waals surface area contributed by atoms with Gasteiger partial charge in [-0.15, -0.1) is 0 Å². The molecule has 2 atom stereocenters. The standard InChI is InChI=1S/C17H28N2O/c1-3-19(16-8-4-6-14(2)12-16)11-9-15-7-5-10-17(15,18)13-20/h4,6,8,12,15,20H,3,5,7,9-11,13,18H2,1-2H3. The Balaban J connectivity index is 1.98. The van der Waals surface area contributed by atoms with Crippen molar-refractivity contribution in [1.29, 1.82) is 0 Å². The molecular formula is C17H28N2O. The highest BCUT2D eigenvalue weighted by Gasteiger charge is 2.38. The zero-order chi connectivity index (χ0) is 14.6. The summed E-state index contributed by atoms with van der Waals surface area (Å²) >= 11 is 0. The van der Waals surface area contributed by atoms with Crippen molar-refractivity contribution in [3.05, 3.63) is 29.8 Å². The van der Waals surface area contributed by atoms with E-state index in [0.29, 0.717) is 5.92 Å². The predicted molar refractivity (Wildman–Crippen MR) is 85.0 cm³/mol. The lowest BCUT2D eigenvalue weighted by atomic mass is 9.86. The lowest BCUT2D eigenvalue weighted by Crippen LogP contribution is -2.47. The van der Waals surface area contributed by atoms with Gasteiger partial charge in [0.25, 0.3) is 0 Å². The average Bonchev–Trinajstić information content (AvgIpc) is 2.82. The smallest absolute Gasteiger partial charge is 0.0613 e. The van der Waals surface area contributed by atoms with E-state index >= 15 is 0 Å². The molecule has 1 aliphatic carbocycles. The molecule has 0 aromatic heterocycles. The molecule has 1 aliphatic rings. The van der Waals surface area contributed by atoms with Crippen molar-refractivity contribution in [2.45, 2.75) is 45.1 Å². The Hall–Kier alpha value is -1.06. The van der Waals surface area contributed by atoms with Gasteiger partial charge in [-0.1, -0.05) is 18.6 Å². The van der Waals surface area contributed by atoms with Crippen molar-refractivity contribution >= 4 is 5.69 Å². The van der Waals surface area contributed by atoms with Gasteiger partial charge in [0.1, 0.15) is 0 Å². The van der Waals surface area contributed by atoms with Gasteiger partial charge in [-0.3, -0.25) is 0 Å². The summed E-state index contributed by atoms with van der Waals surface area (Å²) in [5, 5.41) is 9.53. The minimum atomic E-state index is -0.341. The number of rotatable bonds is 6. The van der Waals surface area contributed by atoms with Crippen LogP contribution in [0.25, 0.3) is 0 Å². The Kier molecular flexibility index (Phi) is 5.06. The van der Waals surface area contributed by atoms with Crippen LogP contribution in [0.5, 0.6) is 0 Å². The van der Waals surface area contributed by atoms with Crippen molar-refractivity contribution in [2.75, 3.05) is 24.6 Å². The summed E-state index contributed by atoms with van der Waals surface area (Å²) in [7, 11) is 0.